The van der Waals surface area contributed by atoms with Gasteiger partial charge in [-0.25, -0.2) is 0 Å². The molecule has 1 aliphatic heterocycles. The summed E-state index contributed by atoms with van der Waals surface area (Å²) in [6.45, 7) is 9.97. The highest BCUT2D eigenvalue weighted by Gasteiger charge is 2.28. The largest absolute Gasteiger partial charge is 0.350 e. The predicted octanol–water partition coefficient (Wildman–Crippen LogP) is 2.25. The molecule has 2 amide bonds. The molecule has 1 aromatic rings. The van der Waals surface area contributed by atoms with Crippen molar-refractivity contribution < 1.29 is 9.59 Å². The van der Waals surface area contributed by atoms with E-state index < -0.39 is 6.04 Å². The van der Waals surface area contributed by atoms with E-state index in [0.29, 0.717) is 23.8 Å². The van der Waals surface area contributed by atoms with Gasteiger partial charge in [0.25, 0.3) is 5.91 Å². The minimum Gasteiger partial charge on any atom is -0.350 e. The smallest absolute Gasteiger partial charge is 0.252 e. The van der Waals surface area contributed by atoms with E-state index in [0.717, 1.165) is 25.1 Å². The molecule has 0 bridgehead atoms. The van der Waals surface area contributed by atoms with Crippen molar-refractivity contribution in [2.75, 3.05) is 13.1 Å². The Bertz CT molecular complexity index is 600. The van der Waals surface area contributed by atoms with E-state index in [1.165, 1.54) is 0 Å². The lowest BCUT2D eigenvalue weighted by Crippen LogP contribution is -2.55. The van der Waals surface area contributed by atoms with Gasteiger partial charge in [-0.1, -0.05) is 39.0 Å². The Morgan fingerprint density at radius 1 is 1.28 bits per heavy atom. The second kappa shape index (κ2) is 8.99. The van der Waals surface area contributed by atoms with E-state index in [2.05, 4.69) is 36.7 Å². The third-order valence-corrected chi connectivity index (χ3v) is 4.87. The molecule has 0 aliphatic carbocycles. The number of hydrogen-bond acceptors (Lipinski definition) is 3. The first kappa shape index (κ1) is 19.4. The summed E-state index contributed by atoms with van der Waals surface area (Å²) in [4.78, 5) is 25.4. The summed E-state index contributed by atoms with van der Waals surface area (Å²) < 4.78 is 0. The summed E-state index contributed by atoms with van der Waals surface area (Å²) in [6, 6.07) is 7.05. The van der Waals surface area contributed by atoms with Gasteiger partial charge in [-0.15, -0.1) is 0 Å². The number of amides is 2. The van der Waals surface area contributed by atoms with Crippen LogP contribution >= 0.6 is 0 Å². The lowest BCUT2D eigenvalue weighted by molar-refractivity contribution is -0.124. The maximum Gasteiger partial charge on any atom is 0.252 e. The summed E-state index contributed by atoms with van der Waals surface area (Å²) in [5.74, 6) is 0.483. The summed E-state index contributed by atoms with van der Waals surface area (Å²) >= 11 is 0. The van der Waals surface area contributed by atoms with E-state index in [1.54, 1.807) is 6.07 Å². The van der Waals surface area contributed by atoms with E-state index in [9.17, 15) is 9.59 Å². The van der Waals surface area contributed by atoms with Crippen LogP contribution < -0.4 is 16.0 Å². The number of carbonyl (C=O) groups excluding carboxylic acids is 2. The Balaban J connectivity index is 2.05. The van der Waals surface area contributed by atoms with E-state index >= 15 is 0 Å². The summed E-state index contributed by atoms with van der Waals surface area (Å²) in [7, 11) is 0. The molecule has 1 aliphatic rings. The third-order valence-electron chi connectivity index (χ3n) is 4.87. The van der Waals surface area contributed by atoms with Crippen LogP contribution in [0.15, 0.2) is 24.3 Å². The van der Waals surface area contributed by atoms with Crippen LogP contribution in [0.4, 0.5) is 0 Å². The minimum absolute atomic E-state index is 0.0869. The molecule has 3 atom stereocenters. The van der Waals surface area contributed by atoms with Crippen LogP contribution in [-0.2, 0) is 4.79 Å². The summed E-state index contributed by atoms with van der Waals surface area (Å²) in [5, 5.41) is 9.39. The first-order valence-corrected chi connectivity index (χ1v) is 9.26. The van der Waals surface area contributed by atoms with Crippen LogP contribution in [0.5, 0.6) is 0 Å². The van der Waals surface area contributed by atoms with Gasteiger partial charge in [-0.2, -0.15) is 0 Å². The summed E-state index contributed by atoms with van der Waals surface area (Å²) in [5.41, 5.74) is 1.53. The Hall–Kier alpha value is -1.88. The lowest BCUT2D eigenvalue weighted by Gasteiger charge is -2.32. The van der Waals surface area contributed by atoms with Crippen LogP contribution in [0.3, 0.4) is 0 Å². The van der Waals surface area contributed by atoms with Gasteiger partial charge in [0.15, 0.2) is 0 Å². The number of nitrogens with one attached hydrogen (secondary N) is 3. The van der Waals surface area contributed by atoms with Gasteiger partial charge in [-0.05, 0) is 49.8 Å². The number of aryl methyl sites for hydroxylation is 1. The first-order chi connectivity index (χ1) is 11.9. The Kier molecular flexibility index (Phi) is 7.00. The number of hydrogen-bond donors (Lipinski definition) is 3. The molecule has 5 heteroatoms. The van der Waals surface area contributed by atoms with Gasteiger partial charge < -0.3 is 16.0 Å². The van der Waals surface area contributed by atoms with Crippen molar-refractivity contribution in [2.45, 2.75) is 52.6 Å². The molecule has 1 aromatic carbocycles. The van der Waals surface area contributed by atoms with Gasteiger partial charge >= 0.3 is 0 Å². The highest BCUT2D eigenvalue weighted by molar-refractivity contribution is 5.98. The average Bonchev–Trinajstić information content (AvgIpc) is 2.56. The fourth-order valence-electron chi connectivity index (χ4n) is 3.23. The molecule has 0 aromatic heterocycles. The van der Waals surface area contributed by atoms with Crippen LogP contribution in [0.25, 0.3) is 0 Å². The van der Waals surface area contributed by atoms with E-state index in [4.69, 9.17) is 0 Å². The SMILES string of the molecule is Cc1ccccc1C(=O)NC(CC(C)C)C(=O)NC1CNCCC1C. The van der Waals surface area contributed by atoms with E-state index in [-0.39, 0.29) is 17.9 Å². The molecule has 138 valence electrons. The van der Waals surface area contributed by atoms with Gasteiger partial charge in [0.05, 0.1) is 0 Å². The van der Waals surface area contributed by atoms with Crippen molar-refractivity contribution in [2.24, 2.45) is 11.8 Å². The van der Waals surface area contributed by atoms with Gasteiger partial charge in [0.1, 0.15) is 6.04 Å². The summed E-state index contributed by atoms with van der Waals surface area (Å²) in [6.07, 6.45) is 1.67. The molecule has 0 saturated carbocycles. The highest BCUT2D eigenvalue weighted by Crippen LogP contribution is 2.13. The lowest BCUT2D eigenvalue weighted by atomic mass is 9.94. The number of rotatable bonds is 6. The highest BCUT2D eigenvalue weighted by atomic mass is 16.2. The normalized spacial score (nSPS) is 21.6. The molecular formula is C20H31N3O2. The molecule has 5 nitrogen and oxygen atoms in total. The van der Waals surface area contributed by atoms with Crippen molar-refractivity contribution in [3.8, 4) is 0 Å². The zero-order valence-corrected chi connectivity index (χ0v) is 15.8. The van der Waals surface area contributed by atoms with Crippen molar-refractivity contribution in [3.05, 3.63) is 35.4 Å². The number of carbonyl (C=O) groups is 2. The maximum absolute atomic E-state index is 12.8. The van der Waals surface area contributed by atoms with Crippen molar-refractivity contribution in [1.82, 2.24) is 16.0 Å². The fraction of sp³-hybridized carbons (Fsp3) is 0.600. The Labute approximate surface area is 151 Å². The van der Waals surface area contributed by atoms with Crippen molar-refractivity contribution in [1.29, 1.82) is 0 Å². The second-order valence-electron chi connectivity index (χ2n) is 7.56. The van der Waals surface area contributed by atoms with Gasteiger partial charge in [-0.3, -0.25) is 9.59 Å². The van der Waals surface area contributed by atoms with E-state index in [1.807, 2.05) is 25.1 Å². The first-order valence-electron chi connectivity index (χ1n) is 9.26. The second-order valence-corrected chi connectivity index (χ2v) is 7.56. The maximum atomic E-state index is 12.8. The average molecular weight is 345 g/mol. The van der Waals surface area contributed by atoms with Crippen LogP contribution in [-0.4, -0.2) is 37.0 Å². The topological polar surface area (TPSA) is 70.2 Å². The monoisotopic (exact) mass is 345 g/mol. The van der Waals surface area contributed by atoms with Crippen LogP contribution in [0.2, 0.25) is 0 Å². The predicted molar refractivity (Wildman–Crippen MR) is 100 cm³/mol. The molecule has 3 N–H and O–H groups in total. The number of benzene rings is 1. The quantitative estimate of drug-likeness (QED) is 0.741. The van der Waals surface area contributed by atoms with Crippen molar-refractivity contribution in [3.63, 3.8) is 0 Å². The molecule has 3 unspecified atom stereocenters. The van der Waals surface area contributed by atoms with Crippen LogP contribution in [0, 0.1) is 18.8 Å². The van der Waals surface area contributed by atoms with Crippen molar-refractivity contribution >= 4 is 11.8 Å². The minimum atomic E-state index is -0.513. The fourth-order valence-corrected chi connectivity index (χ4v) is 3.23. The Morgan fingerprint density at radius 3 is 2.64 bits per heavy atom. The van der Waals surface area contributed by atoms with Gasteiger partial charge in [0.2, 0.25) is 5.91 Å². The molecule has 0 spiro atoms. The van der Waals surface area contributed by atoms with Crippen LogP contribution in [0.1, 0.15) is 49.5 Å². The number of piperidine rings is 1. The molecule has 2 rings (SSSR count). The molecule has 0 radical (unpaired) electrons. The molecule has 25 heavy (non-hydrogen) atoms. The van der Waals surface area contributed by atoms with Gasteiger partial charge in [0, 0.05) is 18.2 Å². The third kappa shape index (κ3) is 5.56. The Morgan fingerprint density at radius 2 is 2.00 bits per heavy atom. The zero-order chi connectivity index (χ0) is 18.4. The molecule has 1 saturated heterocycles. The molecule has 1 fully saturated rings. The zero-order valence-electron chi connectivity index (χ0n) is 15.8. The molecule has 1 heterocycles. The standard InChI is InChI=1S/C20H31N3O2/c1-13(2)11-17(20(25)23-18-12-21-10-9-15(18)4)22-19(24)16-8-6-5-7-14(16)3/h5-8,13,15,17-18,21H,9-12H2,1-4H3,(H,22,24)(H,23,25). The molecular weight excluding hydrogens is 314 g/mol.